The molecule has 0 aromatic carbocycles. The highest BCUT2D eigenvalue weighted by Crippen LogP contribution is 2.25. The average Bonchev–Trinajstić information content (AvgIpc) is 3.27. The molecule has 0 saturated carbocycles. The maximum absolute atomic E-state index is 12.1. The highest BCUT2D eigenvalue weighted by molar-refractivity contribution is 7.13. The smallest absolute Gasteiger partial charge is 0.273 e. The van der Waals surface area contributed by atoms with Crippen LogP contribution in [-0.2, 0) is 4.74 Å². The lowest BCUT2D eigenvalue weighted by molar-refractivity contribution is -0.0681. The molecule has 3 rings (SSSR count). The molecule has 1 saturated heterocycles. The van der Waals surface area contributed by atoms with Gasteiger partial charge >= 0.3 is 0 Å². The minimum atomic E-state index is -0.174. The predicted molar refractivity (Wildman–Crippen MR) is 102 cm³/mol. The maximum Gasteiger partial charge on any atom is 0.273 e. The van der Waals surface area contributed by atoms with E-state index in [0.717, 1.165) is 43.8 Å². The van der Waals surface area contributed by atoms with Gasteiger partial charge in [0.05, 0.1) is 17.1 Å². The number of carbonyl (C=O) groups excluding carboxylic acids is 1. The molecular weight excluding hydrogens is 350 g/mol. The highest BCUT2D eigenvalue weighted by atomic mass is 32.1. The summed E-state index contributed by atoms with van der Waals surface area (Å²) in [7, 11) is 0. The summed E-state index contributed by atoms with van der Waals surface area (Å²) in [6.45, 7) is 8.05. The first-order valence-electron chi connectivity index (χ1n) is 9.28. The van der Waals surface area contributed by atoms with Gasteiger partial charge in [-0.15, -0.1) is 11.3 Å². The summed E-state index contributed by atoms with van der Waals surface area (Å²) in [6, 6.07) is 5.59. The third-order valence-corrected chi connectivity index (χ3v) is 5.32. The highest BCUT2D eigenvalue weighted by Gasteiger charge is 2.21. The Kier molecular flexibility index (Phi) is 6.82. The molecular formula is C19H27N3O3S. The van der Waals surface area contributed by atoms with Crippen LogP contribution < -0.4 is 5.32 Å². The molecule has 0 aliphatic carbocycles. The number of thiophene rings is 1. The number of rotatable bonds is 8. The molecule has 1 N–H and O–H groups in total. The molecule has 1 fully saturated rings. The van der Waals surface area contributed by atoms with Crippen LogP contribution in [0.25, 0.3) is 10.6 Å². The third-order valence-electron chi connectivity index (χ3n) is 4.44. The maximum atomic E-state index is 12.1. The number of nitrogens with zero attached hydrogens (tertiary/aromatic N) is 2. The molecule has 0 spiro atoms. The van der Waals surface area contributed by atoms with E-state index < -0.39 is 0 Å². The summed E-state index contributed by atoms with van der Waals surface area (Å²) in [5, 5.41) is 8.75. The Balaban J connectivity index is 1.31. The summed E-state index contributed by atoms with van der Waals surface area (Å²) in [5.41, 5.74) is 0.338. The number of unbranched alkanes of at least 4 members (excludes halogenated alkanes) is 2. The van der Waals surface area contributed by atoms with Gasteiger partial charge in [0.2, 0.25) is 0 Å². The molecule has 7 heteroatoms. The molecule has 1 amide bonds. The molecule has 2 aromatic rings. The number of hydrogen-bond acceptors (Lipinski definition) is 6. The zero-order valence-corrected chi connectivity index (χ0v) is 16.3. The Morgan fingerprint density at radius 2 is 2.12 bits per heavy atom. The van der Waals surface area contributed by atoms with Gasteiger partial charge in [0, 0.05) is 25.7 Å². The van der Waals surface area contributed by atoms with Crippen LogP contribution in [0.3, 0.4) is 0 Å². The Bertz CT molecular complexity index is 676. The fraction of sp³-hybridized carbons (Fsp3) is 0.579. The van der Waals surface area contributed by atoms with E-state index in [1.165, 1.54) is 0 Å². The zero-order chi connectivity index (χ0) is 18.4. The second-order valence-electron chi connectivity index (χ2n) is 6.89. The predicted octanol–water partition coefficient (Wildman–Crippen LogP) is 3.41. The number of ether oxygens (including phenoxy) is 1. The van der Waals surface area contributed by atoms with Crippen LogP contribution in [-0.4, -0.2) is 54.4 Å². The standard InChI is InChI=1S/C19H27N3O3S/c1-14-12-22(13-15(2)24-14)9-5-3-4-8-20-19(23)16-11-17(25-21-16)18-7-6-10-26-18/h6-7,10-11,14-15H,3-5,8-9,12-13H2,1-2H3,(H,20,23)/t14-,15-/m0/s1. The molecule has 2 atom stereocenters. The van der Waals surface area contributed by atoms with Crippen molar-refractivity contribution >= 4 is 17.2 Å². The van der Waals surface area contributed by atoms with Crippen LogP contribution in [0.5, 0.6) is 0 Å². The van der Waals surface area contributed by atoms with Crippen molar-refractivity contribution in [3.63, 3.8) is 0 Å². The number of carbonyl (C=O) groups is 1. The van der Waals surface area contributed by atoms with Gasteiger partial charge in [-0.2, -0.15) is 0 Å². The largest absolute Gasteiger partial charge is 0.373 e. The van der Waals surface area contributed by atoms with Crippen molar-refractivity contribution in [2.75, 3.05) is 26.2 Å². The van der Waals surface area contributed by atoms with Crippen LogP contribution in [0.15, 0.2) is 28.1 Å². The quantitative estimate of drug-likeness (QED) is 0.714. The van der Waals surface area contributed by atoms with E-state index in [0.29, 0.717) is 30.2 Å². The lowest BCUT2D eigenvalue weighted by atomic mass is 10.2. The molecule has 0 unspecified atom stereocenters. The summed E-state index contributed by atoms with van der Waals surface area (Å²) in [6.07, 6.45) is 3.84. The summed E-state index contributed by atoms with van der Waals surface area (Å²) < 4.78 is 11.0. The molecule has 2 aromatic heterocycles. The molecule has 0 radical (unpaired) electrons. The van der Waals surface area contributed by atoms with E-state index in [9.17, 15) is 4.79 Å². The van der Waals surface area contributed by atoms with Gasteiger partial charge in [-0.1, -0.05) is 17.6 Å². The number of nitrogens with one attached hydrogen (secondary N) is 1. The Hall–Kier alpha value is -1.70. The van der Waals surface area contributed by atoms with Gasteiger partial charge in [0.1, 0.15) is 0 Å². The molecule has 0 bridgehead atoms. The van der Waals surface area contributed by atoms with Gasteiger partial charge in [-0.05, 0) is 44.7 Å². The minimum absolute atomic E-state index is 0.174. The van der Waals surface area contributed by atoms with Crippen LogP contribution >= 0.6 is 11.3 Å². The SMILES string of the molecule is C[C@H]1CN(CCCCCNC(=O)c2cc(-c3cccs3)on2)C[C@H](C)O1. The Morgan fingerprint density at radius 1 is 1.31 bits per heavy atom. The number of hydrogen-bond donors (Lipinski definition) is 1. The third kappa shape index (κ3) is 5.40. The van der Waals surface area contributed by atoms with Crippen LogP contribution in [0.2, 0.25) is 0 Å². The van der Waals surface area contributed by atoms with Crippen LogP contribution in [0.1, 0.15) is 43.6 Å². The summed E-state index contributed by atoms with van der Waals surface area (Å²) in [5.74, 6) is 0.464. The molecule has 3 heterocycles. The van der Waals surface area contributed by atoms with Gasteiger partial charge < -0.3 is 14.6 Å². The number of morpholine rings is 1. The van der Waals surface area contributed by atoms with Crippen molar-refractivity contribution < 1.29 is 14.1 Å². The van der Waals surface area contributed by atoms with Crippen molar-refractivity contribution in [1.29, 1.82) is 0 Å². The molecule has 142 valence electrons. The van der Waals surface area contributed by atoms with Gasteiger partial charge in [-0.3, -0.25) is 9.69 Å². The zero-order valence-electron chi connectivity index (χ0n) is 15.4. The number of amides is 1. The monoisotopic (exact) mass is 377 g/mol. The lowest BCUT2D eigenvalue weighted by Crippen LogP contribution is -2.45. The summed E-state index contributed by atoms with van der Waals surface area (Å²) >= 11 is 1.56. The Morgan fingerprint density at radius 3 is 2.85 bits per heavy atom. The number of aromatic nitrogens is 1. The van der Waals surface area contributed by atoms with E-state index in [4.69, 9.17) is 9.26 Å². The average molecular weight is 378 g/mol. The normalized spacial score (nSPS) is 21.0. The van der Waals surface area contributed by atoms with E-state index in [1.54, 1.807) is 17.4 Å². The topological polar surface area (TPSA) is 67.6 Å². The van der Waals surface area contributed by atoms with Crippen molar-refractivity contribution in [2.24, 2.45) is 0 Å². The van der Waals surface area contributed by atoms with E-state index in [1.807, 2.05) is 17.5 Å². The van der Waals surface area contributed by atoms with Crippen molar-refractivity contribution in [3.8, 4) is 10.6 Å². The molecule has 6 nitrogen and oxygen atoms in total. The first-order valence-corrected chi connectivity index (χ1v) is 10.2. The Labute approximate surface area is 158 Å². The van der Waals surface area contributed by atoms with Gasteiger partial charge in [0.25, 0.3) is 5.91 Å². The molecule has 26 heavy (non-hydrogen) atoms. The second-order valence-corrected chi connectivity index (χ2v) is 7.83. The van der Waals surface area contributed by atoms with E-state index in [-0.39, 0.29) is 5.91 Å². The van der Waals surface area contributed by atoms with Gasteiger partial charge in [-0.25, -0.2) is 0 Å². The first-order chi connectivity index (χ1) is 12.6. The van der Waals surface area contributed by atoms with Crippen molar-refractivity contribution in [2.45, 2.75) is 45.3 Å². The summed E-state index contributed by atoms with van der Waals surface area (Å²) in [4.78, 5) is 15.6. The van der Waals surface area contributed by atoms with E-state index in [2.05, 4.69) is 29.2 Å². The van der Waals surface area contributed by atoms with Crippen LogP contribution in [0, 0.1) is 0 Å². The fourth-order valence-corrected chi connectivity index (χ4v) is 3.99. The van der Waals surface area contributed by atoms with Crippen molar-refractivity contribution in [1.82, 2.24) is 15.4 Å². The minimum Gasteiger partial charge on any atom is -0.373 e. The first kappa shape index (κ1) is 19.1. The van der Waals surface area contributed by atoms with E-state index >= 15 is 0 Å². The van der Waals surface area contributed by atoms with Crippen molar-refractivity contribution in [3.05, 3.63) is 29.3 Å². The van der Waals surface area contributed by atoms with Crippen LogP contribution in [0.4, 0.5) is 0 Å². The molecule has 1 aliphatic rings. The lowest BCUT2D eigenvalue weighted by Gasteiger charge is -2.35. The fourth-order valence-electron chi connectivity index (χ4n) is 3.31. The second kappa shape index (κ2) is 9.30. The molecule has 1 aliphatic heterocycles. The van der Waals surface area contributed by atoms with Gasteiger partial charge in [0.15, 0.2) is 11.5 Å².